The summed E-state index contributed by atoms with van der Waals surface area (Å²) in [5, 5.41) is 0. The van der Waals surface area contributed by atoms with Crippen molar-refractivity contribution < 1.29 is 0 Å². The van der Waals surface area contributed by atoms with Gasteiger partial charge in [-0.3, -0.25) is 4.90 Å². The van der Waals surface area contributed by atoms with E-state index in [1.165, 1.54) is 11.1 Å². The van der Waals surface area contributed by atoms with Gasteiger partial charge in [0.05, 0.1) is 4.99 Å². The fourth-order valence-electron chi connectivity index (χ4n) is 2.04. The third-order valence-corrected chi connectivity index (χ3v) is 3.01. The molecule has 1 aliphatic heterocycles. The molecular weight excluding hydrogens is 204 g/mol. The zero-order valence-corrected chi connectivity index (χ0v) is 9.59. The van der Waals surface area contributed by atoms with Crippen LogP contribution in [-0.4, -0.2) is 16.4 Å². The minimum Gasteiger partial charge on any atom is -0.393 e. The van der Waals surface area contributed by atoms with Gasteiger partial charge in [0.15, 0.2) is 0 Å². The van der Waals surface area contributed by atoms with E-state index in [1.807, 2.05) is 0 Å². The van der Waals surface area contributed by atoms with Crippen molar-refractivity contribution in [2.24, 2.45) is 5.73 Å². The summed E-state index contributed by atoms with van der Waals surface area (Å²) in [7, 11) is 0. The van der Waals surface area contributed by atoms with Gasteiger partial charge in [-0.1, -0.05) is 36.5 Å². The molecule has 0 amide bonds. The van der Waals surface area contributed by atoms with Gasteiger partial charge in [-0.2, -0.15) is 0 Å². The van der Waals surface area contributed by atoms with Gasteiger partial charge in [-0.25, -0.2) is 0 Å². The molecule has 80 valence electrons. The van der Waals surface area contributed by atoms with E-state index in [2.05, 4.69) is 29.2 Å². The van der Waals surface area contributed by atoms with Crippen LogP contribution in [0.5, 0.6) is 0 Å². The Morgan fingerprint density at radius 2 is 1.87 bits per heavy atom. The highest BCUT2D eigenvalue weighted by Crippen LogP contribution is 2.22. The summed E-state index contributed by atoms with van der Waals surface area (Å²) in [6.45, 7) is 3.24. The standard InChI is InChI=1S/C12H16N2S/c13-12(15)6-3-7-14-8-10-4-1-2-5-11(10)9-14/h1-2,4-5H,3,6-9H2,(H2,13,15). The summed E-state index contributed by atoms with van der Waals surface area (Å²) < 4.78 is 0. The summed E-state index contributed by atoms with van der Waals surface area (Å²) in [4.78, 5) is 3.08. The maximum atomic E-state index is 5.47. The first-order chi connectivity index (χ1) is 7.25. The number of nitrogens with zero attached hydrogens (tertiary/aromatic N) is 1. The Labute approximate surface area is 96.1 Å². The third kappa shape index (κ3) is 2.76. The Morgan fingerprint density at radius 1 is 1.27 bits per heavy atom. The van der Waals surface area contributed by atoms with Crippen LogP contribution in [0.1, 0.15) is 24.0 Å². The number of benzene rings is 1. The van der Waals surface area contributed by atoms with Crippen molar-refractivity contribution in [1.29, 1.82) is 0 Å². The highest BCUT2D eigenvalue weighted by Gasteiger charge is 2.17. The van der Waals surface area contributed by atoms with Crippen LogP contribution in [-0.2, 0) is 13.1 Å². The average Bonchev–Trinajstić information content (AvgIpc) is 2.59. The van der Waals surface area contributed by atoms with Crippen LogP contribution in [0, 0.1) is 0 Å². The molecule has 0 atom stereocenters. The Morgan fingerprint density at radius 3 is 2.40 bits per heavy atom. The van der Waals surface area contributed by atoms with Gasteiger partial charge in [-0.15, -0.1) is 0 Å². The third-order valence-electron chi connectivity index (χ3n) is 2.80. The van der Waals surface area contributed by atoms with Crippen molar-refractivity contribution in [3.8, 4) is 0 Å². The normalized spacial score (nSPS) is 15.2. The van der Waals surface area contributed by atoms with Crippen molar-refractivity contribution in [3.05, 3.63) is 35.4 Å². The van der Waals surface area contributed by atoms with E-state index >= 15 is 0 Å². The van der Waals surface area contributed by atoms with Crippen LogP contribution in [0.2, 0.25) is 0 Å². The summed E-state index contributed by atoms with van der Waals surface area (Å²) >= 11 is 4.86. The van der Waals surface area contributed by atoms with E-state index in [-0.39, 0.29) is 0 Å². The zero-order chi connectivity index (χ0) is 10.7. The van der Waals surface area contributed by atoms with E-state index in [0.717, 1.165) is 32.5 Å². The second-order valence-electron chi connectivity index (χ2n) is 4.05. The molecule has 0 spiro atoms. The molecule has 0 radical (unpaired) electrons. The molecule has 0 aromatic heterocycles. The van der Waals surface area contributed by atoms with Crippen molar-refractivity contribution in [2.45, 2.75) is 25.9 Å². The van der Waals surface area contributed by atoms with Crippen molar-refractivity contribution in [1.82, 2.24) is 4.90 Å². The quantitative estimate of drug-likeness (QED) is 0.788. The Balaban J connectivity index is 1.83. The van der Waals surface area contributed by atoms with Gasteiger partial charge in [0.2, 0.25) is 0 Å². The molecule has 1 aromatic carbocycles. The minimum atomic E-state index is 0.631. The molecule has 3 heteroatoms. The van der Waals surface area contributed by atoms with Gasteiger partial charge in [0.25, 0.3) is 0 Å². The molecule has 2 rings (SSSR count). The number of hydrogen-bond donors (Lipinski definition) is 1. The van der Waals surface area contributed by atoms with Crippen molar-refractivity contribution in [2.75, 3.05) is 6.54 Å². The van der Waals surface area contributed by atoms with E-state index in [9.17, 15) is 0 Å². The fourth-order valence-corrected chi connectivity index (χ4v) is 2.18. The molecule has 1 aliphatic rings. The number of hydrogen-bond acceptors (Lipinski definition) is 2. The monoisotopic (exact) mass is 220 g/mol. The number of nitrogens with two attached hydrogens (primary N) is 1. The second kappa shape index (κ2) is 4.73. The van der Waals surface area contributed by atoms with Crippen LogP contribution in [0.4, 0.5) is 0 Å². The fraction of sp³-hybridized carbons (Fsp3) is 0.417. The summed E-state index contributed by atoms with van der Waals surface area (Å²) in [6, 6.07) is 8.64. The molecule has 0 bridgehead atoms. The molecule has 0 saturated heterocycles. The van der Waals surface area contributed by atoms with E-state index in [0.29, 0.717) is 4.99 Å². The molecule has 0 fully saturated rings. The lowest BCUT2D eigenvalue weighted by Gasteiger charge is -2.13. The van der Waals surface area contributed by atoms with Gasteiger partial charge < -0.3 is 5.73 Å². The highest BCUT2D eigenvalue weighted by atomic mass is 32.1. The number of rotatable bonds is 4. The van der Waals surface area contributed by atoms with Gasteiger partial charge >= 0.3 is 0 Å². The van der Waals surface area contributed by atoms with Crippen LogP contribution in [0.15, 0.2) is 24.3 Å². The molecule has 1 heterocycles. The van der Waals surface area contributed by atoms with E-state index in [4.69, 9.17) is 18.0 Å². The lowest BCUT2D eigenvalue weighted by atomic mass is 10.1. The van der Waals surface area contributed by atoms with Crippen LogP contribution in [0.3, 0.4) is 0 Å². The second-order valence-corrected chi connectivity index (χ2v) is 4.57. The SMILES string of the molecule is NC(=S)CCCN1Cc2ccccc2C1. The van der Waals surface area contributed by atoms with Crippen LogP contribution in [0.25, 0.3) is 0 Å². The summed E-state index contributed by atoms with van der Waals surface area (Å²) in [5.41, 5.74) is 8.41. The predicted octanol–water partition coefficient (Wildman–Crippen LogP) is 2.07. The molecule has 0 saturated carbocycles. The Kier molecular flexibility index (Phi) is 3.34. The minimum absolute atomic E-state index is 0.631. The maximum Gasteiger partial charge on any atom is 0.0727 e. The average molecular weight is 220 g/mol. The smallest absolute Gasteiger partial charge is 0.0727 e. The Bertz CT molecular complexity index is 337. The zero-order valence-electron chi connectivity index (χ0n) is 8.78. The molecule has 2 N–H and O–H groups in total. The Hall–Kier alpha value is -0.930. The molecule has 0 aliphatic carbocycles. The van der Waals surface area contributed by atoms with Gasteiger partial charge in [0.1, 0.15) is 0 Å². The van der Waals surface area contributed by atoms with E-state index < -0.39 is 0 Å². The molecule has 0 unspecified atom stereocenters. The molecule has 1 aromatic rings. The highest BCUT2D eigenvalue weighted by molar-refractivity contribution is 7.80. The molecule has 15 heavy (non-hydrogen) atoms. The van der Waals surface area contributed by atoms with Crippen molar-refractivity contribution >= 4 is 17.2 Å². The lowest BCUT2D eigenvalue weighted by molar-refractivity contribution is 0.282. The maximum absolute atomic E-state index is 5.47. The van der Waals surface area contributed by atoms with Gasteiger partial charge in [0, 0.05) is 13.1 Å². The molecular formula is C12H16N2S. The van der Waals surface area contributed by atoms with Crippen LogP contribution < -0.4 is 5.73 Å². The summed E-state index contributed by atoms with van der Waals surface area (Å²) in [6.07, 6.45) is 1.94. The first kappa shape index (κ1) is 10.6. The summed E-state index contributed by atoms with van der Waals surface area (Å²) in [5.74, 6) is 0. The largest absolute Gasteiger partial charge is 0.393 e. The first-order valence-corrected chi connectivity index (χ1v) is 5.74. The van der Waals surface area contributed by atoms with Crippen molar-refractivity contribution in [3.63, 3.8) is 0 Å². The first-order valence-electron chi connectivity index (χ1n) is 5.33. The topological polar surface area (TPSA) is 29.3 Å². The van der Waals surface area contributed by atoms with E-state index in [1.54, 1.807) is 0 Å². The number of thiocarbonyl (C=S) groups is 1. The predicted molar refractivity (Wildman–Crippen MR) is 66.6 cm³/mol. The lowest BCUT2D eigenvalue weighted by Crippen LogP contribution is -2.19. The number of fused-ring (bicyclic) bond motifs is 1. The molecule has 2 nitrogen and oxygen atoms in total. The van der Waals surface area contributed by atoms with Crippen LogP contribution >= 0.6 is 12.2 Å². The van der Waals surface area contributed by atoms with Gasteiger partial charge in [-0.05, 0) is 30.5 Å².